The molecule has 2 rings (SSSR count). The minimum Gasteiger partial charge on any atom is -0.396 e. The van der Waals surface area contributed by atoms with Gasteiger partial charge in [-0.3, -0.25) is 0 Å². The Labute approximate surface area is 121 Å². The molecule has 1 aromatic rings. The molecule has 0 radical (unpaired) electrons. The number of nitrogens with zero attached hydrogens (tertiary/aromatic N) is 1. The standard InChI is InChI=1S/C16H26N2O2/c1-13-9-16(18-7-5-14(11-18)12-19)4-3-15(13)10-17-6-8-20-2/h3-4,9,14,17,19H,5-8,10-12H2,1-2H3. The summed E-state index contributed by atoms with van der Waals surface area (Å²) in [6.07, 6.45) is 1.09. The summed E-state index contributed by atoms with van der Waals surface area (Å²) >= 11 is 0. The van der Waals surface area contributed by atoms with Gasteiger partial charge in [0, 0.05) is 51.5 Å². The van der Waals surface area contributed by atoms with Crippen LogP contribution in [-0.2, 0) is 11.3 Å². The number of aryl methyl sites for hydroxylation is 1. The number of anilines is 1. The molecule has 1 saturated heterocycles. The summed E-state index contributed by atoms with van der Waals surface area (Å²) in [7, 11) is 1.72. The molecule has 0 aliphatic carbocycles. The summed E-state index contributed by atoms with van der Waals surface area (Å²) in [6, 6.07) is 6.66. The third-order valence-electron chi connectivity index (χ3n) is 4.03. The van der Waals surface area contributed by atoms with Crippen molar-refractivity contribution in [1.82, 2.24) is 5.32 Å². The highest BCUT2D eigenvalue weighted by Crippen LogP contribution is 2.25. The van der Waals surface area contributed by atoms with E-state index in [0.717, 1.165) is 39.2 Å². The number of benzene rings is 1. The van der Waals surface area contributed by atoms with Gasteiger partial charge in [0.1, 0.15) is 0 Å². The lowest BCUT2D eigenvalue weighted by Crippen LogP contribution is -2.21. The van der Waals surface area contributed by atoms with Gasteiger partial charge in [0.25, 0.3) is 0 Å². The van der Waals surface area contributed by atoms with E-state index in [4.69, 9.17) is 4.74 Å². The summed E-state index contributed by atoms with van der Waals surface area (Å²) in [6.45, 7) is 7.00. The van der Waals surface area contributed by atoms with Crippen LogP contribution < -0.4 is 10.2 Å². The Balaban J connectivity index is 1.92. The van der Waals surface area contributed by atoms with Crippen LogP contribution in [0.4, 0.5) is 5.69 Å². The van der Waals surface area contributed by atoms with E-state index in [1.807, 2.05) is 0 Å². The van der Waals surface area contributed by atoms with Crippen molar-refractivity contribution < 1.29 is 9.84 Å². The topological polar surface area (TPSA) is 44.7 Å². The molecule has 1 heterocycles. The molecule has 1 aromatic carbocycles. The highest BCUT2D eigenvalue weighted by molar-refractivity contribution is 5.51. The Morgan fingerprint density at radius 3 is 2.95 bits per heavy atom. The molecule has 2 N–H and O–H groups in total. The number of methoxy groups -OCH3 is 1. The first-order valence-corrected chi connectivity index (χ1v) is 7.39. The monoisotopic (exact) mass is 278 g/mol. The average Bonchev–Trinajstić information content (AvgIpc) is 2.94. The largest absolute Gasteiger partial charge is 0.396 e. The molecule has 0 spiro atoms. The number of rotatable bonds is 7. The maximum absolute atomic E-state index is 9.23. The molecule has 1 aliphatic rings. The summed E-state index contributed by atoms with van der Waals surface area (Å²) in [5.41, 5.74) is 3.93. The smallest absolute Gasteiger partial charge is 0.0587 e. The minimum absolute atomic E-state index is 0.303. The molecule has 0 amide bonds. The molecule has 1 fully saturated rings. The Kier molecular flexibility index (Phi) is 5.83. The fourth-order valence-electron chi connectivity index (χ4n) is 2.69. The van der Waals surface area contributed by atoms with Gasteiger partial charge in [-0.25, -0.2) is 0 Å². The van der Waals surface area contributed by atoms with E-state index in [-0.39, 0.29) is 0 Å². The number of aliphatic hydroxyl groups is 1. The zero-order chi connectivity index (χ0) is 14.4. The van der Waals surface area contributed by atoms with Crippen molar-refractivity contribution >= 4 is 5.69 Å². The van der Waals surface area contributed by atoms with Gasteiger partial charge < -0.3 is 20.1 Å². The molecule has 4 heteroatoms. The zero-order valence-electron chi connectivity index (χ0n) is 12.6. The van der Waals surface area contributed by atoms with Crippen LogP contribution in [0.2, 0.25) is 0 Å². The van der Waals surface area contributed by atoms with Crippen LogP contribution in [0.15, 0.2) is 18.2 Å². The third-order valence-corrected chi connectivity index (χ3v) is 4.03. The number of aliphatic hydroxyl groups excluding tert-OH is 1. The number of ether oxygens (including phenoxy) is 1. The van der Waals surface area contributed by atoms with Crippen molar-refractivity contribution in [3.63, 3.8) is 0 Å². The summed E-state index contributed by atoms with van der Waals surface area (Å²) in [5, 5.41) is 12.6. The van der Waals surface area contributed by atoms with Gasteiger partial charge in [-0.2, -0.15) is 0 Å². The predicted octanol–water partition coefficient (Wildman–Crippen LogP) is 1.55. The second-order valence-electron chi connectivity index (χ2n) is 5.56. The van der Waals surface area contributed by atoms with Crippen molar-refractivity contribution in [3.8, 4) is 0 Å². The van der Waals surface area contributed by atoms with Gasteiger partial charge in [0.05, 0.1) is 6.61 Å². The van der Waals surface area contributed by atoms with E-state index in [9.17, 15) is 5.11 Å². The second kappa shape index (κ2) is 7.62. The van der Waals surface area contributed by atoms with Gasteiger partial charge in [-0.15, -0.1) is 0 Å². The molecular weight excluding hydrogens is 252 g/mol. The van der Waals surface area contributed by atoms with Gasteiger partial charge in [-0.05, 0) is 36.6 Å². The van der Waals surface area contributed by atoms with Crippen LogP contribution in [0.25, 0.3) is 0 Å². The summed E-state index contributed by atoms with van der Waals surface area (Å²) < 4.78 is 5.03. The Morgan fingerprint density at radius 1 is 1.45 bits per heavy atom. The molecule has 4 nitrogen and oxygen atoms in total. The summed E-state index contributed by atoms with van der Waals surface area (Å²) in [5.74, 6) is 0.436. The molecule has 1 atom stereocenters. The van der Waals surface area contributed by atoms with Crippen molar-refractivity contribution in [2.24, 2.45) is 5.92 Å². The van der Waals surface area contributed by atoms with Crippen LogP contribution >= 0.6 is 0 Å². The fraction of sp³-hybridized carbons (Fsp3) is 0.625. The lowest BCUT2D eigenvalue weighted by atomic mass is 10.1. The lowest BCUT2D eigenvalue weighted by Gasteiger charge is -2.20. The molecule has 20 heavy (non-hydrogen) atoms. The van der Waals surface area contributed by atoms with Gasteiger partial charge >= 0.3 is 0 Å². The van der Waals surface area contributed by atoms with Gasteiger partial charge in [0.15, 0.2) is 0 Å². The predicted molar refractivity (Wildman–Crippen MR) is 82.2 cm³/mol. The lowest BCUT2D eigenvalue weighted by molar-refractivity contribution is 0.199. The highest BCUT2D eigenvalue weighted by Gasteiger charge is 2.22. The van der Waals surface area contributed by atoms with Crippen LogP contribution in [0, 0.1) is 12.8 Å². The molecule has 1 unspecified atom stereocenters. The first kappa shape index (κ1) is 15.3. The van der Waals surface area contributed by atoms with Crippen molar-refractivity contribution in [2.75, 3.05) is 44.9 Å². The molecule has 112 valence electrons. The average molecular weight is 278 g/mol. The maximum atomic E-state index is 9.23. The molecule has 0 saturated carbocycles. The zero-order valence-corrected chi connectivity index (χ0v) is 12.6. The van der Waals surface area contributed by atoms with Crippen LogP contribution in [-0.4, -0.2) is 45.1 Å². The molecule has 0 bridgehead atoms. The Hall–Kier alpha value is -1.10. The maximum Gasteiger partial charge on any atom is 0.0587 e. The Morgan fingerprint density at radius 2 is 2.30 bits per heavy atom. The number of hydrogen-bond acceptors (Lipinski definition) is 4. The highest BCUT2D eigenvalue weighted by atomic mass is 16.5. The van der Waals surface area contributed by atoms with E-state index < -0.39 is 0 Å². The van der Waals surface area contributed by atoms with Crippen LogP contribution in [0.3, 0.4) is 0 Å². The normalized spacial score (nSPS) is 18.8. The quantitative estimate of drug-likeness (QED) is 0.743. The molecular formula is C16H26N2O2. The van der Waals surface area contributed by atoms with Crippen molar-refractivity contribution in [2.45, 2.75) is 19.9 Å². The van der Waals surface area contributed by atoms with Crippen molar-refractivity contribution in [3.05, 3.63) is 29.3 Å². The van der Waals surface area contributed by atoms with E-state index in [1.165, 1.54) is 16.8 Å². The van der Waals surface area contributed by atoms with E-state index in [0.29, 0.717) is 12.5 Å². The number of nitrogens with one attached hydrogen (secondary N) is 1. The van der Waals surface area contributed by atoms with Crippen LogP contribution in [0.1, 0.15) is 17.5 Å². The van der Waals surface area contributed by atoms with E-state index in [2.05, 4.69) is 35.3 Å². The van der Waals surface area contributed by atoms with Crippen LogP contribution in [0.5, 0.6) is 0 Å². The number of hydrogen-bond donors (Lipinski definition) is 2. The Bertz CT molecular complexity index is 423. The van der Waals surface area contributed by atoms with Crippen molar-refractivity contribution in [1.29, 1.82) is 0 Å². The SMILES string of the molecule is COCCNCc1ccc(N2CCC(CO)C2)cc1C. The molecule has 0 aromatic heterocycles. The molecule has 1 aliphatic heterocycles. The second-order valence-corrected chi connectivity index (χ2v) is 5.56. The fourth-order valence-corrected chi connectivity index (χ4v) is 2.69. The first-order chi connectivity index (χ1) is 9.74. The van der Waals surface area contributed by atoms with E-state index >= 15 is 0 Å². The third kappa shape index (κ3) is 3.95. The summed E-state index contributed by atoms with van der Waals surface area (Å²) in [4.78, 5) is 2.37. The minimum atomic E-state index is 0.303. The first-order valence-electron chi connectivity index (χ1n) is 7.39. The van der Waals surface area contributed by atoms with Gasteiger partial charge in [0.2, 0.25) is 0 Å². The van der Waals surface area contributed by atoms with E-state index in [1.54, 1.807) is 7.11 Å². The van der Waals surface area contributed by atoms with Gasteiger partial charge in [-0.1, -0.05) is 6.07 Å².